The van der Waals surface area contributed by atoms with E-state index in [0.717, 1.165) is 4.88 Å². The van der Waals surface area contributed by atoms with Crippen LogP contribution in [-0.2, 0) is 14.3 Å². The van der Waals surface area contributed by atoms with Crippen LogP contribution in [-0.4, -0.2) is 40.7 Å². The molecule has 0 unspecified atom stereocenters. The van der Waals surface area contributed by atoms with Gasteiger partial charge in [-0.25, -0.2) is 13.9 Å². The molecule has 0 spiro atoms. The lowest BCUT2D eigenvalue weighted by atomic mass is 10.2. The number of nitrogens with zero attached hydrogens (tertiary/aromatic N) is 3. The van der Waals surface area contributed by atoms with Gasteiger partial charge in [0.05, 0.1) is 10.6 Å². The number of esters is 1. The number of carbonyl (C=O) groups is 3. The fourth-order valence-corrected chi connectivity index (χ4v) is 4.04. The maximum Gasteiger partial charge on any atom is 0.357 e. The summed E-state index contributed by atoms with van der Waals surface area (Å²) in [5.41, 5.74) is 6.97. The first kappa shape index (κ1) is 23.8. The van der Waals surface area contributed by atoms with E-state index < -0.39 is 30.2 Å². The van der Waals surface area contributed by atoms with E-state index in [1.807, 2.05) is 35.7 Å². The zero-order valence-corrected chi connectivity index (χ0v) is 19.3. The van der Waals surface area contributed by atoms with Gasteiger partial charge in [-0.2, -0.15) is 5.10 Å². The van der Waals surface area contributed by atoms with E-state index in [1.165, 1.54) is 45.2 Å². The van der Waals surface area contributed by atoms with Crippen molar-refractivity contribution in [1.29, 1.82) is 0 Å². The first-order valence-electron chi connectivity index (χ1n) is 10.6. The second kappa shape index (κ2) is 10.7. The molecule has 4 aromatic rings. The molecule has 4 rings (SSSR count). The monoisotopic (exact) mass is 492 g/mol. The molecule has 2 amide bonds. The molecule has 0 saturated carbocycles. The molecular formula is C25H21FN4O4S. The first-order chi connectivity index (χ1) is 16.9. The second-order valence-electron chi connectivity index (χ2n) is 7.45. The lowest BCUT2D eigenvalue weighted by molar-refractivity contribution is -0.121. The molecule has 2 heterocycles. The number of para-hydroxylation sites is 1. The average molecular weight is 493 g/mol. The Kier molecular flexibility index (Phi) is 7.32. The van der Waals surface area contributed by atoms with Gasteiger partial charge in [-0.05, 0) is 47.8 Å². The van der Waals surface area contributed by atoms with Gasteiger partial charge in [0, 0.05) is 24.7 Å². The molecule has 0 aliphatic carbocycles. The van der Waals surface area contributed by atoms with Gasteiger partial charge < -0.3 is 15.4 Å². The number of thiophene rings is 1. The molecule has 2 aromatic carbocycles. The van der Waals surface area contributed by atoms with Crippen molar-refractivity contribution in [3.8, 4) is 16.3 Å². The minimum Gasteiger partial charge on any atom is -0.451 e. The van der Waals surface area contributed by atoms with E-state index in [1.54, 1.807) is 18.2 Å². The van der Waals surface area contributed by atoms with E-state index in [-0.39, 0.29) is 18.7 Å². The zero-order valence-electron chi connectivity index (χ0n) is 18.5. The van der Waals surface area contributed by atoms with E-state index >= 15 is 0 Å². The van der Waals surface area contributed by atoms with Crippen LogP contribution >= 0.6 is 11.3 Å². The second-order valence-corrected chi connectivity index (χ2v) is 8.40. The van der Waals surface area contributed by atoms with Crippen LogP contribution in [0, 0.1) is 5.82 Å². The number of nitrogens with two attached hydrogens (primary N) is 1. The Hall–Kier alpha value is -4.31. The number of anilines is 1. The van der Waals surface area contributed by atoms with Crippen LogP contribution in [0.15, 0.2) is 78.2 Å². The molecule has 178 valence electrons. The summed E-state index contributed by atoms with van der Waals surface area (Å²) < 4.78 is 20.1. The van der Waals surface area contributed by atoms with Crippen molar-refractivity contribution < 1.29 is 23.5 Å². The van der Waals surface area contributed by atoms with Crippen molar-refractivity contribution >= 4 is 34.8 Å². The molecule has 2 aromatic heterocycles. The van der Waals surface area contributed by atoms with Crippen molar-refractivity contribution in [3.05, 3.63) is 89.7 Å². The Morgan fingerprint density at radius 1 is 1.03 bits per heavy atom. The fraction of sp³-hybridized carbons (Fsp3) is 0.120. The van der Waals surface area contributed by atoms with Crippen LogP contribution in [0.4, 0.5) is 10.1 Å². The lowest BCUT2D eigenvalue weighted by Gasteiger charge is -2.22. The number of rotatable bonds is 9. The number of amides is 2. The van der Waals surface area contributed by atoms with Crippen molar-refractivity contribution in [2.24, 2.45) is 5.73 Å². The average Bonchev–Trinajstić information content (AvgIpc) is 3.54. The van der Waals surface area contributed by atoms with Gasteiger partial charge >= 0.3 is 5.97 Å². The minimum atomic E-state index is -0.744. The summed E-state index contributed by atoms with van der Waals surface area (Å²) in [4.78, 5) is 39.3. The van der Waals surface area contributed by atoms with Gasteiger partial charge in [0.2, 0.25) is 5.91 Å². The van der Waals surface area contributed by atoms with Gasteiger partial charge in [0.25, 0.3) is 5.91 Å². The molecule has 35 heavy (non-hydrogen) atoms. The SMILES string of the molecule is NC(=O)CCN(C(=O)COC(=O)c1cc(-c2cccs2)nn1-c1ccccc1)c1ccc(F)cc1. The van der Waals surface area contributed by atoms with E-state index in [4.69, 9.17) is 10.5 Å². The highest BCUT2D eigenvalue weighted by atomic mass is 32.1. The third kappa shape index (κ3) is 5.79. The topological polar surface area (TPSA) is 108 Å². The van der Waals surface area contributed by atoms with Crippen LogP contribution in [0.2, 0.25) is 0 Å². The summed E-state index contributed by atoms with van der Waals surface area (Å²) in [6.07, 6.45) is -0.109. The van der Waals surface area contributed by atoms with Crippen molar-refractivity contribution in [2.75, 3.05) is 18.1 Å². The van der Waals surface area contributed by atoms with Gasteiger partial charge in [-0.1, -0.05) is 24.3 Å². The molecule has 0 aliphatic heterocycles. The Labute approximate surface area is 204 Å². The third-order valence-corrected chi connectivity index (χ3v) is 5.93. The zero-order chi connectivity index (χ0) is 24.8. The molecule has 0 saturated heterocycles. The largest absolute Gasteiger partial charge is 0.451 e. The minimum absolute atomic E-state index is 0.0399. The highest BCUT2D eigenvalue weighted by Crippen LogP contribution is 2.26. The number of halogens is 1. The van der Waals surface area contributed by atoms with Crippen molar-refractivity contribution in [2.45, 2.75) is 6.42 Å². The Balaban J connectivity index is 1.55. The van der Waals surface area contributed by atoms with Gasteiger partial charge in [-0.3, -0.25) is 9.59 Å². The van der Waals surface area contributed by atoms with Gasteiger partial charge in [-0.15, -0.1) is 11.3 Å². The summed E-state index contributed by atoms with van der Waals surface area (Å²) in [7, 11) is 0. The number of primary amides is 1. The molecule has 2 N–H and O–H groups in total. The summed E-state index contributed by atoms with van der Waals surface area (Å²) in [6.45, 7) is -0.634. The smallest absolute Gasteiger partial charge is 0.357 e. The Bertz CT molecular complexity index is 1320. The van der Waals surface area contributed by atoms with Gasteiger partial charge in [0.1, 0.15) is 11.5 Å². The van der Waals surface area contributed by atoms with E-state index in [0.29, 0.717) is 17.1 Å². The predicted molar refractivity (Wildman–Crippen MR) is 130 cm³/mol. The summed E-state index contributed by atoms with van der Waals surface area (Å²) in [5, 5.41) is 6.46. The normalized spacial score (nSPS) is 10.7. The molecule has 0 bridgehead atoms. The Morgan fingerprint density at radius 2 is 1.77 bits per heavy atom. The number of hydrogen-bond donors (Lipinski definition) is 1. The van der Waals surface area contributed by atoms with Crippen LogP contribution in [0.25, 0.3) is 16.3 Å². The van der Waals surface area contributed by atoms with Crippen LogP contribution in [0.1, 0.15) is 16.9 Å². The molecule has 0 aliphatic rings. The van der Waals surface area contributed by atoms with Crippen LogP contribution in [0.5, 0.6) is 0 Å². The fourth-order valence-electron chi connectivity index (χ4n) is 3.36. The first-order valence-corrected chi connectivity index (χ1v) is 11.5. The predicted octanol–water partition coefficient (Wildman–Crippen LogP) is 3.81. The molecule has 8 nitrogen and oxygen atoms in total. The molecular weight excluding hydrogens is 471 g/mol. The maximum atomic E-state index is 13.3. The summed E-state index contributed by atoms with van der Waals surface area (Å²) in [6, 6.07) is 19.6. The van der Waals surface area contributed by atoms with Crippen LogP contribution in [0.3, 0.4) is 0 Å². The van der Waals surface area contributed by atoms with Gasteiger partial charge in [0.15, 0.2) is 12.3 Å². The molecule has 0 atom stereocenters. The number of carbonyl (C=O) groups excluding carboxylic acids is 3. The highest BCUT2D eigenvalue weighted by Gasteiger charge is 2.23. The number of benzene rings is 2. The summed E-state index contributed by atoms with van der Waals surface area (Å²) >= 11 is 1.48. The quantitative estimate of drug-likeness (QED) is 0.358. The van der Waals surface area contributed by atoms with Crippen LogP contribution < -0.4 is 10.6 Å². The van der Waals surface area contributed by atoms with Crippen molar-refractivity contribution in [1.82, 2.24) is 9.78 Å². The Morgan fingerprint density at radius 3 is 2.43 bits per heavy atom. The van der Waals surface area contributed by atoms with E-state index in [9.17, 15) is 18.8 Å². The molecule has 0 radical (unpaired) electrons. The molecule has 10 heteroatoms. The standard InChI is InChI=1S/C25H21FN4O4S/c26-17-8-10-18(11-9-17)29(13-12-23(27)31)24(32)16-34-25(33)21-15-20(22-7-4-14-35-22)28-30(21)19-5-2-1-3-6-19/h1-11,14-15H,12-13,16H2,(H2,27,31). The lowest BCUT2D eigenvalue weighted by Crippen LogP contribution is -2.37. The maximum absolute atomic E-state index is 13.3. The number of ether oxygens (including phenoxy) is 1. The number of hydrogen-bond acceptors (Lipinski definition) is 6. The summed E-state index contributed by atoms with van der Waals surface area (Å²) in [5.74, 6) is -2.41. The van der Waals surface area contributed by atoms with E-state index in [2.05, 4.69) is 5.10 Å². The number of aromatic nitrogens is 2. The van der Waals surface area contributed by atoms with Crippen molar-refractivity contribution in [3.63, 3.8) is 0 Å². The third-order valence-electron chi connectivity index (χ3n) is 5.04. The highest BCUT2D eigenvalue weighted by molar-refractivity contribution is 7.13. The molecule has 0 fully saturated rings.